The van der Waals surface area contributed by atoms with E-state index in [2.05, 4.69) is 10.1 Å². The fourth-order valence-corrected chi connectivity index (χ4v) is 1.97. The van der Waals surface area contributed by atoms with E-state index in [0.717, 1.165) is 24.9 Å². The van der Waals surface area contributed by atoms with Crippen molar-refractivity contribution in [2.24, 2.45) is 0 Å². The first kappa shape index (κ1) is 16.0. The maximum Gasteiger partial charge on any atom is 0.461 e. The van der Waals surface area contributed by atoms with Crippen molar-refractivity contribution in [3.05, 3.63) is 29.8 Å². The van der Waals surface area contributed by atoms with Crippen LogP contribution in [0.4, 0.5) is 17.6 Å². The van der Waals surface area contributed by atoms with Crippen LogP contribution in [0.15, 0.2) is 24.3 Å². The van der Waals surface area contributed by atoms with Gasteiger partial charge in [0.15, 0.2) is 0 Å². The van der Waals surface area contributed by atoms with Crippen LogP contribution >= 0.6 is 12.4 Å². The van der Waals surface area contributed by atoms with E-state index < -0.39 is 12.5 Å². The highest BCUT2D eigenvalue weighted by Crippen LogP contribution is 2.30. The van der Waals surface area contributed by atoms with Gasteiger partial charge in [-0.3, -0.25) is 0 Å². The summed E-state index contributed by atoms with van der Waals surface area (Å²) >= 11 is 0. The molecule has 1 saturated heterocycles. The van der Waals surface area contributed by atoms with Gasteiger partial charge in [0.2, 0.25) is 0 Å². The normalized spacial score (nSPS) is 19.3. The molecule has 1 N–H and O–H groups in total. The van der Waals surface area contributed by atoms with Crippen molar-refractivity contribution >= 4 is 12.4 Å². The second-order valence-electron chi connectivity index (χ2n) is 4.19. The fraction of sp³-hybridized carbons (Fsp3) is 0.500. The van der Waals surface area contributed by atoms with Crippen LogP contribution in [-0.4, -0.2) is 19.1 Å². The molecule has 1 aliphatic heterocycles. The predicted octanol–water partition coefficient (Wildman–Crippen LogP) is 3.77. The van der Waals surface area contributed by atoms with Crippen molar-refractivity contribution in [2.75, 3.05) is 6.54 Å². The Morgan fingerprint density at radius 3 is 2.63 bits per heavy atom. The van der Waals surface area contributed by atoms with Gasteiger partial charge >= 0.3 is 12.5 Å². The van der Waals surface area contributed by atoms with Gasteiger partial charge in [0, 0.05) is 6.04 Å². The summed E-state index contributed by atoms with van der Waals surface area (Å²) < 4.78 is 53.6. The van der Waals surface area contributed by atoms with Crippen LogP contribution in [0.2, 0.25) is 0 Å². The van der Waals surface area contributed by atoms with Gasteiger partial charge < -0.3 is 10.1 Å². The minimum absolute atomic E-state index is 0. The molecule has 0 spiro atoms. The molecule has 1 aromatic rings. The average Bonchev–Trinajstić information content (AvgIpc) is 2.82. The van der Waals surface area contributed by atoms with Crippen molar-refractivity contribution < 1.29 is 22.3 Å². The molecule has 1 fully saturated rings. The van der Waals surface area contributed by atoms with E-state index in [1.54, 1.807) is 6.07 Å². The van der Waals surface area contributed by atoms with E-state index >= 15 is 0 Å². The van der Waals surface area contributed by atoms with Crippen LogP contribution in [0.5, 0.6) is 5.75 Å². The lowest BCUT2D eigenvalue weighted by Gasteiger charge is -2.18. The van der Waals surface area contributed by atoms with Crippen LogP contribution < -0.4 is 10.1 Å². The van der Waals surface area contributed by atoms with Crippen molar-refractivity contribution in [1.82, 2.24) is 5.32 Å². The average molecular weight is 300 g/mol. The predicted molar refractivity (Wildman–Crippen MR) is 65.2 cm³/mol. The van der Waals surface area contributed by atoms with Crippen LogP contribution in [-0.2, 0) is 0 Å². The van der Waals surface area contributed by atoms with Gasteiger partial charge in [-0.15, -0.1) is 12.4 Å². The number of hydrogen-bond donors (Lipinski definition) is 1. The van der Waals surface area contributed by atoms with E-state index in [1.165, 1.54) is 18.2 Å². The smallest absolute Gasteiger partial charge is 0.428 e. The first-order chi connectivity index (χ1) is 8.49. The SMILES string of the molecule is Cl.FC(F)C(F)(F)Oc1cccc([C@H]2CCCN2)c1. The maximum atomic E-state index is 12.8. The summed E-state index contributed by atoms with van der Waals surface area (Å²) in [6, 6.07) is 5.98. The van der Waals surface area contributed by atoms with Crippen molar-refractivity contribution in [2.45, 2.75) is 31.4 Å². The Labute approximate surface area is 114 Å². The molecule has 0 amide bonds. The number of nitrogens with one attached hydrogen (secondary N) is 1. The molecule has 19 heavy (non-hydrogen) atoms. The molecule has 0 radical (unpaired) electrons. The van der Waals surface area contributed by atoms with E-state index in [1.807, 2.05) is 0 Å². The van der Waals surface area contributed by atoms with E-state index in [9.17, 15) is 17.6 Å². The van der Waals surface area contributed by atoms with Crippen LogP contribution in [0, 0.1) is 0 Å². The molecular formula is C12H14ClF4NO. The third-order valence-corrected chi connectivity index (χ3v) is 2.83. The number of hydrogen-bond acceptors (Lipinski definition) is 2. The Morgan fingerprint density at radius 1 is 1.32 bits per heavy atom. The molecule has 108 valence electrons. The number of benzene rings is 1. The largest absolute Gasteiger partial charge is 0.461 e. The zero-order chi connectivity index (χ0) is 13.2. The molecule has 1 atom stereocenters. The van der Waals surface area contributed by atoms with Gasteiger partial charge in [-0.2, -0.15) is 17.6 Å². The molecule has 0 aromatic heterocycles. The van der Waals surface area contributed by atoms with Crippen molar-refractivity contribution in [3.8, 4) is 5.75 Å². The molecule has 1 aliphatic rings. The fourth-order valence-electron chi connectivity index (χ4n) is 1.97. The molecule has 2 nitrogen and oxygen atoms in total. The monoisotopic (exact) mass is 299 g/mol. The van der Waals surface area contributed by atoms with Crippen LogP contribution in [0.3, 0.4) is 0 Å². The van der Waals surface area contributed by atoms with E-state index in [-0.39, 0.29) is 24.2 Å². The Balaban J connectivity index is 0.00000180. The summed E-state index contributed by atoms with van der Waals surface area (Å²) in [7, 11) is 0. The topological polar surface area (TPSA) is 21.3 Å². The lowest BCUT2D eigenvalue weighted by Crippen LogP contribution is -2.33. The van der Waals surface area contributed by atoms with Crippen molar-refractivity contribution in [3.63, 3.8) is 0 Å². The highest BCUT2D eigenvalue weighted by Gasteiger charge is 2.44. The molecule has 1 heterocycles. The lowest BCUT2D eigenvalue weighted by molar-refractivity contribution is -0.253. The van der Waals surface area contributed by atoms with E-state index in [0.29, 0.717) is 0 Å². The standard InChI is InChI=1S/C12H13F4NO.ClH/c13-11(14)12(15,16)18-9-4-1-3-8(7-9)10-5-2-6-17-10;/h1,3-4,7,10-11,17H,2,5-6H2;1H/t10-;/m1./s1. The summed E-state index contributed by atoms with van der Waals surface area (Å²) in [4.78, 5) is 0. The van der Waals surface area contributed by atoms with Crippen molar-refractivity contribution in [1.29, 1.82) is 0 Å². The van der Waals surface area contributed by atoms with Gasteiger partial charge in [0.05, 0.1) is 0 Å². The first-order valence-electron chi connectivity index (χ1n) is 5.67. The molecule has 2 rings (SSSR count). The number of ether oxygens (including phenoxy) is 1. The highest BCUT2D eigenvalue weighted by atomic mass is 35.5. The maximum absolute atomic E-state index is 12.8. The second kappa shape index (κ2) is 6.43. The van der Waals surface area contributed by atoms with Gasteiger partial charge in [0.1, 0.15) is 5.75 Å². The first-order valence-corrected chi connectivity index (χ1v) is 5.67. The van der Waals surface area contributed by atoms with Crippen LogP contribution in [0.25, 0.3) is 0 Å². The molecule has 0 bridgehead atoms. The summed E-state index contributed by atoms with van der Waals surface area (Å²) in [5.74, 6) is -0.244. The zero-order valence-electron chi connectivity index (χ0n) is 9.91. The second-order valence-corrected chi connectivity index (χ2v) is 4.19. The zero-order valence-corrected chi connectivity index (χ0v) is 10.7. The highest BCUT2D eigenvalue weighted by molar-refractivity contribution is 5.85. The summed E-state index contributed by atoms with van der Waals surface area (Å²) in [5, 5.41) is 3.19. The lowest BCUT2D eigenvalue weighted by atomic mass is 10.1. The Morgan fingerprint density at radius 2 is 2.05 bits per heavy atom. The molecule has 7 heteroatoms. The van der Waals surface area contributed by atoms with Crippen LogP contribution in [0.1, 0.15) is 24.4 Å². The summed E-state index contributed by atoms with van der Waals surface area (Å²) in [6.07, 6.45) is -6.40. The minimum Gasteiger partial charge on any atom is -0.428 e. The number of rotatable bonds is 4. The van der Waals surface area contributed by atoms with Gasteiger partial charge in [0.25, 0.3) is 0 Å². The van der Waals surface area contributed by atoms with Gasteiger partial charge in [-0.05, 0) is 37.1 Å². The Hall–Kier alpha value is -1.01. The Bertz CT molecular complexity index is 410. The third-order valence-electron chi connectivity index (χ3n) is 2.83. The number of halogens is 5. The number of alkyl halides is 4. The van der Waals surface area contributed by atoms with E-state index in [4.69, 9.17) is 0 Å². The quantitative estimate of drug-likeness (QED) is 0.855. The molecule has 1 aromatic carbocycles. The van der Waals surface area contributed by atoms with Gasteiger partial charge in [-0.1, -0.05) is 12.1 Å². The summed E-state index contributed by atoms with van der Waals surface area (Å²) in [5.41, 5.74) is 0.773. The molecule has 0 unspecified atom stereocenters. The molecule has 0 aliphatic carbocycles. The molecule has 0 saturated carbocycles. The van der Waals surface area contributed by atoms with Gasteiger partial charge in [-0.25, -0.2) is 0 Å². The third kappa shape index (κ3) is 3.98. The Kier molecular flexibility index (Phi) is 5.43. The minimum atomic E-state index is -4.46. The molecular weight excluding hydrogens is 286 g/mol. The summed E-state index contributed by atoms with van der Waals surface area (Å²) in [6.45, 7) is 0.864.